The lowest BCUT2D eigenvalue weighted by molar-refractivity contribution is 0.0482. The van der Waals surface area contributed by atoms with E-state index in [4.69, 9.17) is 0 Å². The van der Waals surface area contributed by atoms with E-state index in [2.05, 4.69) is 4.98 Å². The van der Waals surface area contributed by atoms with Crippen molar-refractivity contribution in [1.82, 2.24) is 8.96 Å². The molecule has 0 radical (unpaired) electrons. The quantitative estimate of drug-likeness (QED) is 0.382. The number of sulfone groups is 1. The second kappa shape index (κ2) is 9.14. The van der Waals surface area contributed by atoms with Crippen LogP contribution in [0.25, 0.3) is 11.0 Å². The third-order valence-corrected chi connectivity index (χ3v) is 9.89. The molecule has 0 saturated heterocycles. The molecule has 1 N–H and O–H groups in total. The van der Waals surface area contributed by atoms with E-state index in [1.165, 1.54) is 30.5 Å². The normalized spacial score (nSPS) is 16.8. The molecule has 7 nitrogen and oxygen atoms in total. The van der Waals surface area contributed by atoms with Gasteiger partial charge in [0.05, 0.1) is 15.5 Å². The van der Waals surface area contributed by atoms with E-state index in [9.17, 15) is 21.9 Å². The average molecular weight is 525 g/mol. The van der Waals surface area contributed by atoms with E-state index < -0.39 is 25.5 Å². The van der Waals surface area contributed by atoms with Crippen LogP contribution in [0.1, 0.15) is 43.4 Å². The maximum atomic E-state index is 14.0. The van der Waals surface area contributed by atoms with Crippen molar-refractivity contribution in [2.45, 2.75) is 47.5 Å². The molecule has 9 heteroatoms. The highest BCUT2D eigenvalue weighted by atomic mass is 32.2. The molecule has 2 aromatic heterocycles. The summed E-state index contributed by atoms with van der Waals surface area (Å²) in [6.45, 7) is 0. The number of hydrogen-bond acceptors (Lipinski definition) is 6. The number of fused-ring (bicyclic) bond motifs is 1. The number of rotatable bonds is 7. The van der Waals surface area contributed by atoms with Crippen LogP contribution in [0.5, 0.6) is 0 Å². The molecule has 1 atom stereocenters. The molecule has 188 valence electrons. The van der Waals surface area contributed by atoms with Crippen LogP contribution in [-0.2, 0) is 25.5 Å². The van der Waals surface area contributed by atoms with Crippen molar-refractivity contribution in [2.24, 2.45) is 5.92 Å². The molecule has 1 unspecified atom stereocenters. The zero-order chi connectivity index (χ0) is 25.6. The molecule has 5 rings (SSSR count). The second-order valence-electron chi connectivity index (χ2n) is 9.54. The minimum absolute atomic E-state index is 0.0880. The summed E-state index contributed by atoms with van der Waals surface area (Å²) < 4.78 is 53.2. The molecular formula is C27H28N2O5S2. The first-order chi connectivity index (χ1) is 17.1. The first-order valence-electron chi connectivity index (χ1n) is 11.9. The van der Waals surface area contributed by atoms with E-state index >= 15 is 0 Å². The average Bonchev–Trinajstić information content (AvgIpc) is 3.52. The number of pyridine rings is 1. The topological polar surface area (TPSA) is 106 Å². The van der Waals surface area contributed by atoms with Gasteiger partial charge in [-0.1, -0.05) is 56.0 Å². The Bertz CT molecular complexity index is 1610. The molecule has 0 spiro atoms. The Morgan fingerprint density at radius 3 is 2.22 bits per heavy atom. The minimum atomic E-state index is -4.11. The SMILES string of the molecule is CS(=O)(=O)c1ccc(C(O)(CC2CCCC2)c2cc3cccnc3n2S(=O)(=O)c2ccccc2)cc1. The van der Waals surface area contributed by atoms with Gasteiger partial charge in [0, 0.05) is 17.8 Å². The fourth-order valence-corrected chi connectivity index (χ4v) is 7.41. The molecule has 2 aromatic carbocycles. The van der Waals surface area contributed by atoms with E-state index in [0.717, 1.165) is 35.9 Å². The van der Waals surface area contributed by atoms with Crippen molar-refractivity contribution >= 4 is 30.9 Å². The summed E-state index contributed by atoms with van der Waals surface area (Å²) in [5.74, 6) is 0.198. The first kappa shape index (κ1) is 24.7. The Morgan fingerprint density at radius 2 is 1.58 bits per heavy atom. The smallest absolute Gasteiger partial charge is 0.269 e. The Balaban J connectivity index is 1.77. The van der Waals surface area contributed by atoms with Crippen LogP contribution >= 0.6 is 0 Å². The van der Waals surface area contributed by atoms with Gasteiger partial charge in [-0.15, -0.1) is 0 Å². The molecule has 2 heterocycles. The summed E-state index contributed by atoms with van der Waals surface area (Å²) in [5.41, 5.74) is -0.824. The Hall–Kier alpha value is -3.01. The second-order valence-corrected chi connectivity index (χ2v) is 13.3. The lowest BCUT2D eigenvalue weighted by Gasteiger charge is -2.32. The van der Waals surface area contributed by atoms with Gasteiger partial charge < -0.3 is 5.11 Å². The Kier molecular flexibility index (Phi) is 6.26. The standard InChI is InChI=1S/C27H28N2O5S2/c1-35(31,32)23-15-13-22(14-16-23)27(30,19-20-8-5-6-9-20)25-18-21-10-7-17-28-26(21)29(25)36(33,34)24-11-3-2-4-12-24/h2-4,7,10-18,20,30H,5-6,8-9,19H2,1H3. The Labute approximate surface area is 211 Å². The monoisotopic (exact) mass is 524 g/mol. The van der Waals surface area contributed by atoms with E-state index in [0.29, 0.717) is 17.4 Å². The maximum absolute atomic E-state index is 14.0. The lowest BCUT2D eigenvalue weighted by atomic mass is 9.81. The Morgan fingerprint density at radius 1 is 0.917 bits per heavy atom. The molecular weight excluding hydrogens is 496 g/mol. The third-order valence-electron chi connectivity index (χ3n) is 7.04. The van der Waals surface area contributed by atoms with Gasteiger partial charge >= 0.3 is 0 Å². The van der Waals surface area contributed by atoms with Crippen molar-refractivity contribution in [3.63, 3.8) is 0 Å². The van der Waals surface area contributed by atoms with E-state index in [1.54, 1.807) is 48.5 Å². The van der Waals surface area contributed by atoms with Crippen molar-refractivity contribution in [1.29, 1.82) is 0 Å². The molecule has 1 saturated carbocycles. The molecule has 0 amide bonds. The highest BCUT2D eigenvalue weighted by molar-refractivity contribution is 7.90. The van der Waals surface area contributed by atoms with Gasteiger partial charge in [0.2, 0.25) is 0 Å². The van der Waals surface area contributed by atoms with Gasteiger partial charge in [-0.25, -0.2) is 25.8 Å². The van der Waals surface area contributed by atoms with E-state index in [-0.39, 0.29) is 27.0 Å². The molecule has 4 aromatic rings. The van der Waals surface area contributed by atoms with Gasteiger partial charge in [-0.3, -0.25) is 0 Å². The van der Waals surface area contributed by atoms with Gasteiger partial charge in [0.1, 0.15) is 5.60 Å². The maximum Gasteiger partial charge on any atom is 0.269 e. The van der Waals surface area contributed by atoms with Crippen molar-refractivity contribution < 1.29 is 21.9 Å². The van der Waals surface area contributed by atoms with Crippen LogP contribution in [-0.4, -0.2) is 37.2 Å². The predicted molar refractivity (Wildman–Crippen MR) is 138 cm³/mol. The van der Waals surface area contributed by atoms with Gasteiger partial charge in [0.15, 0.2) is 15.5 Å². The van der Waals surface area contributed by atoms with Crippen LogP contribution in [0.2, 0.25) is 0 Å². The predicted octanol–water partition coefficient (Wildman–Crippen LogP) is 4.49. The van der Waals surface area contributed by atoms with Crippen LogP contribution in [0.3, 0.4) is 0 Å². The summed E-state index contributed by atoms with van der Waals surface area (Å²) >= 11 is 0. The number of nitrogens with zero attached hydrogens (tertiary/aromatic N) is 2. The number of aromatic nitrogens is 2. The summed E-state index contributed by atoms with van der Waals surface area (Å²) in [5, 5.41) is 13.0. The van der Waals surface area contributed by atoms with Crippen molar-refractivity contribution in [3.05, 3.63) is 90.3 Å². The highest BCUT2D eigenvalue weighted by Crippen LogP contribution is 2.43. The summed E-state index contributed by atoms with van der Waals surface area (Å²) in [6.07, 6.45) is 6.96. The summed E-state index contributed by atoms with van der Waals surface area (Å²) in [4.78, 5) is 4.59. The minimum Gasteiger partial charge on any atom is -0.379 e. The summed E-state index contributed by atoms with van der Waals surface area (Å²) in [7, 11) is -7.54. The largest absolute Gasteiger partial charge is 0.379 e. The fraction of sp³-hybridized carbons (Fsp3) is 0.296. The number of aliphatic hydroxyl groups is 1. The lowest BCUT2D eigenvalue weighted by Crippen LogP contribution is -2.34. The van der Waals surface area contributed by atoms with Crippen molar-refractivity contribution in [2.75, 3.05) is 6.26 Å². The number of benzene rings is 2. The van der Waals surface area contributed by atoms with Gasteiger partial charge in [-0.2, -0.15) is 0 Å². The third kappa shape index (κ3) is 4.36. The molecule has 1 fully saturated rings. The molecule has 1 aliphatic rings. The van der Waals surface area contributed by atoms with Gasteiger partial charge in [0.25, 0.3) is 10.0 Å². The van der Waals surface area contributed by atoms with Crippen LogP contribution in [0.15, 0.2) is 88.8 Å². The first-order valence-corrected chi connectivity index (χ1v) is 15.2. The zero-order valence-electron chi connectivity index (χ0n) is 19.9. The van der Waals surface area contributed by atoms with Crippen LogP contribution < -0.4 is 0 Å². The molecule has 1 aliphatic carbocycles. The molecule has 36 heavy (non-hydrogen) atoms. The zero-order valence-corrected chi connectivity index (χ0v) is 21.5. The fourth-order valence-electron chi connectivity index (χ4n) is 5.22. The van der Waals surface area contributed by atoms with Gasteiger partial charge in [-0.05, 0) is 60.4 Å². The number of hydrogen-bond donors (Lipinski definition) is 1. The summed E-state index contributed by atoms with van der Waals surface area (Å²) in [6, 6.07) is 19.3. The highest BCUT2D eigenvalue weighted by Gasteiger charge is 2.41. The van der Waals surface area contributed by atoms with Crippen molar-refractivity contribution in [3.8, 4) is 0 Å². The van der Waals surface area contributed by atoms with Crippen LogP contribution in [0.4, 0.5) is 0 Å². The van der Waals surface area contributed by atoms with Crippen LogP contribution in [0, 0.1) is 5.92 Å². The molecule has 0 aliphatic heterocycles. The molecule has 0 bridgehead atoms. The van der Waals surface area contributed by atoms with E-state index in [1.807, 2.05) is 0 Å².